The number of nitrogens with zero attached hydrogens (tertiary/aromatic N) is 4. The van der Waals surface area contributed by atoms with Crippen LogP contribution in [0.4, 0.5) is 16.0 Å². The molecule has 0 unspecified atom stereocenters. The Kier molecular flexibility index (Phi) is 4.75. The molecule has 3 aromatic heterocycles. The molecule has 9 heteroatoms. The van der Waals surface area contributed by atoms with Gasteiger partial charge in [0.15, 0.2) is 11.6 Å². The summed E-state index contributed by atoms with van der Waals surface area (Å²) in [6.07, 6.45) is 3.30. The summed E-state index contributed by atoms with van der Waals surface area (Å²) in [4.78, 5) is 12.5. The Labute approximate surface area is 183 Å². The highest BCUT2D eigenvalue weighted by Crippen LogP contribution is 2.48. The average Bonchev–Trinajstić information content (AvgIpc) is 3.29. The van der Waals surface area contributed by atoms with E-state index in [1.165, 1.54) is 12.4 Å². The molecule has 3 heterocycles. The molecule has 0 aliphatic heterocycles. The molecule has 1 fully saturated rings. The molecule has 0 amide bonds. The van der Waals surface area contributed by atoms with Crippen LogP contribution in [0.5, 0.6) is 0 Å². The third kappa shape index (κ3) is 3.25. The van der Waals surface area contributed by atoms with Crippen molar-refractivity contribution in [1.82, 2.24) is 19.5 Å². The molecule has 0 bridgehead atoms. The van der Waals surface area contributed by atoms with E-state index < -0.39 is 23.4 Å². The van der Waals surface area contributed by atoms with E-state index in [2.05, 4.69) is 15.0 Å². The van der Waals surface area contributed by atoms with Crippen LogP contribution in [0.3, 0.4) is 0 Å². The Morgan fingerprint density at radius 2 is 1.97 bits per heavy atom. The van der Waals surface area contributed by atoms with Crippen LogP contribution in [0.1, 0.15) is 31.4 Å². The summed E-state index contributed by atoms with van der Waals surface area (Å²) >= 11 is 0. The smallest absolute Gasteiger partial charge is 0.165 e. The van der Waals surface area contributed by atoms with Gasteiger partial charge in [0.25, 0.3) is 0 Å². The first-order valence-electron chi connectivity index (χ1n) is 10.5. The quantitative estimate of drug-likeness (QED) is 0.386. The van der Waals surface area contributed by atoms with Crippen LogP contribution in [-0.2, 0) is 6.42 Å². The minimum atomic E-state index is -0.937. The molecule has 4 atom stereocenters. The lowest BCUT2D eigenvalue weighted by atomic mass is 9.80. The predicted octanol–water partition coefficient (Wildman–Crippen LogP) is 2.59. The second-order valence-electron chi connectivity index (χ2n) is 8.96. The first-order valence-corrected chi connectivity index (χ1v) is 10.5. The van der Waals surface area contributed by atoms with Crippen LogP contribution < -0.4 is 11.5 Å². The summed E-state index contributed by atoms with van der Waals surface area (Å²) < 4.78 is 15.5. The van der Waals surface area contributed by atoms with Gasteiger partial charge in [-0.1, -0.05) is 19.1 Å². The summed E-state index contributed by atoms with van der Waals surface area (Å²) in [6.45, 7) is 1.99. The number of nitrogens with two attached hydrogens (primary N) is 2. The average molecular weight is 436 g/mol. The van der Waals surface area contributed by atoms with Crippen molar-refractivity contribution in [3.8, 4) is 0 Å². The van der Waals surface area contributed by atoms with Gasteiger partial charge in [0.2, 0.25) is 0 Å². The Hall–Kier alpha value is -3.30. The van der Waals surface area contributed by atoms with Crippen LogP contribution >= 0.6 is 0 Å². The number of hydrogen-bond acceptors (Lipinski definition) is 7. The fourth-order valence-corrected chi connectivity index (χ4v) is 4.90. The Bertz CT molecular complexity index is 1320. The van der Waals surface area contributed by atoms with Gasteiger partial charge < -0.3 is 26.2 Å². The minimum absolute atomic E-state index is 0.123. The van der Waals surface area contributed by atoms with Crippen molar-refractivity contribution in [2.45, 2.75) is 44.4 Å². The van der Waals surface area contributed by atoms with Crippen LogP contribution in [0, 0.1) is 11.2 Å². The molecule has 5 rings (SSSR count). The normalized spacial score (nSPS) is 25.7. The SMILES string of the molecule is C[C@@]1(CCc2ccc3cc(F)c(N)nc3c2)C[C@@H](n2ccc3c(N)ncnc32)[C@H](O)[C@@H]1O. The van der Waals surface area contributed by atoms with E-state index in [9.17, 15) is 14.6 Å². The molecule has 1 aliphatic rings. The van der Waals surface area contributed by atoms with Crippen molar-refractivity contribution in [2.24, 2.45) is 5.41 Å². The summed E-state index contributed by atoms with van der Waals surface area (Å²) in [6, 6.07) is 8.52. The lowest BCUT2D eigenvalue weighted by Crippen LogP contribution is -2.35. The van der Waals surface area contributed by atoms with Gasteiger partial charge in [-0.3, -0.25) is 0 Å². The largest absolute Gasteiger partial charge is 0.390 e. The number of anilines is 2. The number of benzene rings is 1. The Morgan fingerprint density at radius 1 is 1.16 bits per heavy atom. The van der Waals surface area contributed by atoms with E-state index in [0.717, 1.165) is 10.9 Å². The molecule has 1 saturated carbocycles. The van der Waals surface area contributed by atoms with Crippen molar-refractivity contribution >= 4 is 33.6 Å². The Balaban J connectivity index is 1.38. The number of rotatable bonds is 4. The number of halogens is 1. The van der Waals surface area contributed by atoms with Gasteiger partial charge >= 0.3 is 0 Å². The zero-order valence-corrected chi connectivity index (χ0v) is 17.6. The molecule has 32 heavy (non-hydrogen) atoms. The lowest BCUT2D eigenvalue weighted by molar-refractivity contribution is -0.0241. The standard InChI is InChI=1S/C23H25FN6O2/c1-23(6-4-12-2-3-13-9-15(24)21(26)29-16(13)8-12)10-17(18(31)19(23)32)30-7-5-14-20(25)27-11-28-22(14)30/h2-3,5,7-9,11,17-19,31-32H,4,6,10H2,1H3,(H2,26,29)(H2,25,27,28)/t17-,18+,19+,23-/m1/s1. The van der Waals surface area contributed by atoms with Gasteiger partial charge in [0.05, 0.1) is 23.0 Å². The zero-order valence-electron chi connectivity index (χ0n) is 17.6. The number of aromatic nitrogens is 4. The molecule has 4 aromatic rings. The van der Waals surface area contributed by atoms with Crippen molar-refractivity contribution in [3.63, 3.8) is 0 Å². The van der Waals surface area contributed by atoms with Crippen molar-refractivity contribution < 1.29 is 14.6 Å². The predicted molar refractivity (Wildman–Crippen MR) is 120 cm³/mol. The van der Waals surface area contributed by atoms with Crippen LogP contribution in [0.2, 0.25) is 0 Å². The van der Waals surface area contributed by atoms with Crippen LogP contribution in [-0.4, -0.2) is 41.9 Å². The molecule has 166 valence electrons. The van der Waals surface area contributed by atoms with E-state index >= 15 is 0 Å². The number of aryl methyl sites for hydroxylation is 1. The number of nitrogen functional groups attached to an aromatic ring is 2. The van der Waals surface area contributed by atoms with Crippen molar-refractivity contribution in [2.75, 3.05) is 11.5 Å². The van der Waals surface area contributed by atoms with Gasteiger partial charge in [-0.15, -0.1) is 0 Å². The maximum Gasteiger partial charge on any atom is 0.165 e. The maximum atomic E-state index is 13.6. The number of hydrogen-bond donors (Lipinski definition) is 4. The molecule has 1 aliphatic carbocycles. The lowest BCUT2D eigenvalue weighted by Gasteiger charge is -2.28. The second-order valence-corrected chi connectivity index (χ2v) is 8.96. The van der Waals surface area contributed by atoms with Gasteiger partial charge in [-0.25, -0.2) is 19.3 Å². The van der Waals surface area contributed by atoms with E-state index in [-0.39, 0.29) is 11.9 Å². The van der Waals surface area contributed by atoms with Crippen LogP contribution in [0.15, 0.2) is 42.9 Å². The van der Waals surface area contributed by atoms with Gasteiger partial charge in [-0.05, 0) is 48.4 Å². The number of fused-ring (bicyclic) bond motifs is 2. The molecule has 0 radical (unpaired) electrons. The van der Waals surface area contributed by atoms with E-state index in [1.54, 1.807) is 0 Å². The first kappa shape index (κ1) is 20.6. The molecule has 1 aromatic carbocycles. The van der Waals surface area contributed by atoms with Gasteiger partial charge in [0.1, 0.15) is 23.9 Å². The summed E-state index contributed by atoms with van der Waals surface area (Å²) in [7, 11) is 0. The monoisotopic (exact) mass is 436 g/mol. The minimum Gasteiger partial charge on any atom is -0.390 e. The van der Waals surface area contributed by atoms with Crippen molar-refractivity contribution in [1.29, 1.82) is 0 Å². The van der Waals surface area contributed by atoms with E-state index in [1.807, 2.05) is 42.0 Å². The van der Waals surface area contributed by atoms with Crippen LogP contribution in [0.25, 0.3) is 21.9 Å². The molecular formula is C23H25FN6O2. The second kappa shape index (κ2) is 7.39. The summed E-state index contributed by atoms with van der Waals surface area (Å²) in [5.41, 5.74) is 13.3. The molecule has 6 N–H and O–H groups in total. The highest BCUT2D eigenvalue weighted by atomic mass is 19.1. The topological polar surface area (TPSA) is 136 Å². The highest BCUT2D eigenvalue weighted by Gasteiger charge is 2.50. The highest BCUT2D eigenvalue weighted by molar-refractivity contribution is 5.86. The number of aliphatic hydroxyl groups is 2. The summed E-state index contributed by atoms with van der Waals surface area (Å²) in [5.74, 6) is -0.270. The summed E-state index contributed by atoms with van der Waals surface area (Å²) in [5, 5.41) is 23.2. The zero-order chi connectivity index (χ0) is 22.6. The van der Waals surface area contributed by atoms with E-state index in [0.29, 0.717) is 41.6 Å². The van der Waals surface area contributed by atoms with Gasteiger partial charge in [-0.2, -0.15) is 0 Å². The van der Waals surface area contributed by atoms with Crippen molar-refractivity contribution in [3.05, 3.63) is 54.2 Å². The number of aliphatic hydroxyl groups excluding tert-OH is 2. The van der Waals surface area contributed by atoms with Gasteiger partial charge in [0, 0.05) is 11.6 Å². The number of pyridine rings is 1. The third-order valence-electron chi connectivity index (χ3n) is 6.85. The first-order chi connectivity index (χ1) is 15.3. The molecule has 0 spiro atoms. The maximum absolute atomic E-state index is 13.6. The Morgan fingerprint density at radius 3 is 2.78 bits per heavy atom. The fourth-order valence-electron chi connectivity index (χ4n) is 4.90. The molecule has 0 saturated heterocycles. The molecular weight excluding hydrogens is 411 g/mol. The molecule has 8 nitrogen and oxygen atoms in total. The fraction of sp³-hybridized carbons (Fsp3) is 0.348. The third-order valence-corrected chi connectivity index (χ3v) is 6.85. The van der Waals surface area contributed by atoms with E-state index in [4.69, 9.17) is 11.5 Å².